The van der Waals surface area contributed by atoms with E-state index in [0.29, 0.717) is 5.92 Å². The first-order chi connectivity index (χ1) is 8.87. The normalized spacial score (nSPS) is 19.6. The van der Waals surface area contributed by atoms with Crippen LogP contribution in [0.25, 0.3) is 0 Å². The van der Waals surface area contributed by atoms with Crippen molar-refractivity contribution in [1.29, 1.82) is 0 Å². The highest BCUT2D eigenvalue weighted by Crippen LogP contribution is 2.29. The highest BCUT2D eigenvalue weighted by molar-refractivity contribution is 5.68. The van der Waals surface area contributed by atoms with E-state index < -0.39 is 5.60 Å². The van der Waals surface area contributed by atoms with Crippen molar-refractivity contribution in [2.24, 2.45) is 0 Å². The van der Waals surface area contributed by atoms with E-state index in [9.17, 15) is 4.79 Å². The summed E-state index contributed by atoms with van der Waals surface area (Å²) in [4.78, 5) is 17.9. The molecule has 0 bridgehead atoms. The van der Waals surface area contributed by atoms with Crippen LogP contribution in [0.5, 0.6) is 0 Å². The lowest BCUT2D eigenvalue weighted by atomic mass is 9.96. The summed E-state index contributed by atoms with van der Waals surface area (Å²) in [6, 6.07) is 2.05. The minimum Gasteiger partial charge on any atom is -0.444 e. The summed E-state index contributed by atoms with van der Waals surface area (Å²) in [5.41, 5.74) is 2.06. The topological polar surface area (TPSA) is 42.4 Å². The summed E-state index contributed by atoms with van der Waals surface area (Å²) in [7, 11) is 0. The van der Waals surface area contributed by atoms with Crippen LogP contribution < -0.4 is 0 Å². The third-order valence-corrected chi connectivity index (χ3v) is 3.34. The van der Waals surface area contributed by atoms with Crippen molar-refractivity contribution in [3.05, 3.63) is 29.6 Å². The standard InChI is InChI=1S/C15H22N2O2/c1-11-9-16-7-5-13(11)12-6-8-17(10-12)14(18)19-15(2,3)4/h5,7,9,12H,6,8,10H2,1-4H3. The van der Waals surface area contributed by atoms with E-state index in [-0.39, 0.29) is 6.09 Å². The molecule has 1 unspecified atom stereocenters. The monoisotopic (exact) mass is 262 g/mol. The van der Waals surface area contributed by atoms with Crippen molar-refractivity contribution in [1.82, 2.24) is 9.88 Å². The molecule has 0 aliphatic carbocycles. The van der Waals surface area contributed by atoms with Gasteiger partial charge in [0.05, 0.1) is 0 Å². The molecule has 1 aromatic rings. The van der Waals surface area contributed by atoms with Gasteiger partial charge in [0.1, 0.15) is 5.60 Å². The van der Waals surface area contributed by atoms with Gasteiger partial charge in [-0.25, -0.2) is 4.79 Å². The lowest BCUT2D eigenvalue weighted by Crippen LogP contribution is -2.35. The van der Waals surface area contributed by atoms with E-state index >= 15 is 0 Å². The summed E-state index contributed by atoms with van der Waals surface area (Å²) >= 11 is 0. The summed E-state index contributed by atoms with van der Waals surface area (Å²) in [5, 5.41) is 0. The predicted octanol–water partition coefficient (Wildman–Crippen LogP) is 3.11. The number of carbonyl (C=O) groups is 1. The molecule has 1 fully saturated rings. The molecule has 0 radical (unpaired) electrons. The number of aromatic nitrogens is 1. The summed E-state index contributed by atoms with van der Waals surface area (Å²) in [5.74, 6) is 0.399. The molecule has 2 heterocycles. The molecule has 1 saturated heterocycles. The van der Waals surface area contributed by atoms with Gasteiger partial charge in [0.2, 0.25) is 0 Å². The molecular weight excluding hydrogens is 240 g/mol. The van der Waals surface area contributed by atoms with Crippen molar-refractivity contribution in [3.8, 4) is 0 Å². The Kier molecular flexibility index (Phi) is 3.78. The number of pyridine rings is 1. The van der Waals surface area contributed by atoms with E-state index in [0.717, 1.165) is 19.5 Å². The molecule has 0 spiro atoms. The Morgan fingerprint density at radius 2 is 2.21 bits per heavy atom. The average molecular weight is 262 g/mol. The quantitative estimate of drug-likeness (QED) is 0.781. The molecule has 0 saturated carbocycles. The fourth-order valence-corrected chi connectivity index (χ4v) is 2.45. The third-order valence-electron chi connectivity index (χ3n) is 3.34. The van der Waals surface area contributed by atoms with E-state index in [2.05, 4.69) is 18.0 Å². The average Bonchev–Trinajstić information content (AvgIpc) is 2.76. The number of hydrogen-bond acceptors (Lipinski definition) is 3. The Balaban J connectivity index is 2.01. The zero-order valence-corrected chi connectivity index (χ0v) is 12.1. The van der Waals surface area contributed by atoms with E-state index in [4.69, 9.17) is 4.74 Å². The van der Waals surface area contributed by atoms with Crippen LogP contribution in [0.15, 0.2) is 18.5 Å². The minimum absolute atomic E-state index is 0.207. The predicted molar refractivity (Wildman–Crippen MR) is 74.1 cm³/mol. The maximum absolute atomic E-state index is 12.0. The number of ether oxygens (including phenoxy) is 1. The molecule has 1 aliphatic rings. The number of nitrogens with zero attached hydrogens (tertiary/aromatic N) is 2. The largest absolute Gasteiger partial charge is 0.444 e. The first kappa shape index (κ1) is 13.8. The SMILES string of the molecule is Cc1cnccc1C1CCN(C(=O)OC(C)(C)C)C1. The molecule has 4 heteroatoms. The number of carbonyl (C=O) groups excluding carboxylic acids is 1. The molecule has 1 aliphatic heterocycles. The highest BCUT2D eigenvalue weighted by atomic mass is 16.6. The minimum atomic E-state index is -0.429. The van der Waals surface area contributed by atoms with Crippen molar-refractivity contribution >= 4 is 6.09 Å². The second-order valence-electron chi connectivity index (χ2n) is 6.14. The van der Waals surface area contributed by atoms with Crippen LogP contribution in [0, 0.1) is 6.92 Å². The van der Waals surface area contributed by atoms with Gasteiger partial charge in [-0.1, -0.05) is 0 Å². The Bertz CT molecular complexity index is 465. The number of rotatable bonds is 1. The second-order valence-corrected chi connectivity index (χ2v) is 6.14. The van der Waals surface area contributed by atoms with Crippen molar-refractivity contribution in [2.45, 2.75) is 45.6 Å². The first-order valence-corrected chi connectivity index (χ1v) is 6.75. The van der Waals surface area contributed by atoms with E-state index in [1.54, 1.807) is 4.90 Å². The molecule has 1 amide bonds. The van der Waals surface area contributed by atoms with Crippen LogP contribution in [0.3, 0.4) is 0 Å². The van der Waals surface area contributed by atoms with Crippen LogP contribution >= 0.6 is 0 Å². The zero-order chi connectivity index (χ0) is 14.0. The molecule has 4 nitrogen and oxygen atoms in total. The van der Waals surface area contributed by atoms with Gasteiger partial charge in [0.25, 0.3) is 0 Å². The molecule has 0 aromatic carbocycles. The maximum atomic E-state index is 12.0. The third kappa shape index (κ3) is 3.46. The smallest absolute Gasteiger partial charge is 0.410 e. The first-order valence-electron chi connectivity index (χ1n) is 6.75. The molecule has 1 atom stereocenters. The van der Waals surface area contributed by atoms with Crippen LogP contribution in [-0.2, 0) is 4.74 Å². The second kappa shape index (κ2) is 5.19. The van der Waals surface area contributed by atoms with E-state index in [1.807, 2.05) is 33.2 Å². The fraction of sp³-hybridized carbons (Fsp3) is 0.600. The van der Waals surface area contributed by atoms with Gasteiger partial charge in [-0.05, 0) is 51.3 Å². The molecule has 0 N–H and O–H groups in total. The Labute approximate surface area is 114 Å². The summed E-state index contributed by atoms with van der Waals surface area (Å²) < 4.78 is 5.41. The molecule has 2 rings (SSSR count). The maximum Gasteiger partial charge on any atom is 0.410 e. The fourth-order valence-electron chi connectivity index (χ4n) is 2.45. The van der Waals surface area contributed by atoms with Crippen LogP contribution in [-0.4, -0.2) is 34.7 Å². The Hall–Kier alpha value is -1.58. The van der Waals surface area contributed by atoms with Gasteiger partial charge >= 0.3 is 6.09 Å². The number of amides is 1. The zero-order valence-electron chi connectivity index (χ0n) is 12.1. The number of hydrogen-bond donors (Lipinski definition) is 0. The van der Waals surface area contributed by atoms with Gasteiger partial charge in [-0.3, -0.25) is 4.98 Å². The molecular formula is C15H22N2O2. The van der Waals surface area contributed by atoms with Crippen LogP contribution in [0.2, 0.25) is 0 Å². The van der Waals surface area contributed by atoms with Gasteiger partial charge < -0.3 is 9.64 Å². The summed E-state index contributed by atoms with van der Waals surface area (Å²) in [6.45, 7) is 9.25. The van der Waals surface area contributed by atoms with Crippen molar-refractivity contribution in [3.63, 3.8) is 0 Å². The van der Waals surface area contributed by atoms with E-state index in [1.165, 1.54) is 11.1 Å². The number of likely N-dealkylation sites (tertiary alicyclic amines) is 1. The van der Waals surface area contributed by atoms with Gasteiger partial charge in [-0.15, -0.1) is 0 Å². The van der Waals surface area contributed by atoms with Gasteiger partial charge in [0, 0.05) is 31.4 Å². The van der Waals surface area contributed by atoms with Crippen LogP contribution in [0.1, 0.15) is 44.2 Å². The lowest BCUT2D eigenvalue weighted by molar-refractivity contribution is 0.0292. The Morgan fingerprint density at radius 1 is 1.47 bits per heavy atom. The van der Waals surface area contributed by atoms with Gasteiger partial charge in [-0.2, -0.15) is 0 Å². The highest BCUT2D eigenvalue weighted by Gasteiger charge is 2.30. The molecule has 1 aromatic heterocycles. The summed E-state index contributed by atoms with van der Waals surface area (Å²) in [6.07, 6.45) is 4.48. The van der Waals surface area contributed by atoms with Crippen LogP contribution in [0.4, 0.5) is 4.79 Å². The number of aryl methyl sites for hydroxylation is 1. The van der Waals surface area contributed by atoms with Crippen molar-refractivity contribution < 1.29 is 9.53 Å². The van der Waals surface area contributed by atoms with Gasteiger partial charge in [0.15, 0.2) is 0 Å². The molecule has 19 heavy (non-hydrogen) atoms. The van der Waals surface area contributed by atoms with Crippen molar-refractivity contribution in [2.75, 3.05) is 13.1 Å². The molecule has 104 valence electrons. The Morgan fingerprint density at radius 3 is 2.84 bits per heavy atom. The lowest BCUT2D eigenvalue weighted by Gasteiger charge is -2.24.